The lowest BCUT2D eigenvalue weighted by Gasteiger charge is -2.24. The van der Waals surface area contributed by atoms with E-state index < -0.39 is 12.1 Å². The van der Waals surface area contributed by atoms with Gasteiger partial charge in [0.25, 0.3) is 11.8 Å². The minimum absolute atomic E-state index is 0.166. The van der Waals surface area contributed by atoms with Gasteiger partial charge in [-0.15, -0.1) is 0 Å². The Morgan fingerprint density at radius 3 is 2.35 bits per heavy atom. The zero-order chi connectivity index (χ0) is 19.1. The van der Waals surface area contributed by atoms with Gasteiger partial charge in [-0.1, -0.05) is 18.9 Å². The molecule has 1 saturated heterocycles. The second-order valence-electron chi connectivity index (χ2n) is 6.85. The number of hydrogen-bond acceptors (Lipinski definition) is 4. The lowest BCUT2D eigenvalue weighted by Crippen LogP contribution is -2.42. The van der Waals surface area contributed by atoms with Gasteiger partial charge in [0.05, 0.1) is 0 Å². The van der Waals surface area contributed by atoms with E-state index in [1.54, 1.807) is 24.0 Å². The summed E-state index contributed by atoms with van der Waals surface area (Å²) >= 11 is 0. The molecule has 1 atom stereocenters. The van der Waals surface area contributed by atoms with Crippen LogP contribution in [0.5, 0.6) is 0 Å². The Bertz CT molecular complexity index is 664. The molecule has 0 radical (unpaired) electrons. The molecule has 1 fully saturated rings. The van der Waals surface area contributed by atoms with E-state index in [-0.39, 0.29) is 18.4 Å². The van der Waals surface area contributed by atoms with Crippen LogP contribution in [0.4, 0.5) is 0 Å². The number of ether oxygens (including phenoxy) is 1. The first-order valence-corrected chi connectivity index (χ1v) is 9.22. The normalized spacial score (nSPS) is 15.7. The highest BCUT2D eigenvalue weighted by Crippen LogP contribution is 2.12. The van der Waals surface area contributed by atoms with Crippen LogP contribution < -0.4 is 5.32 Å². The van der Waals surface area contributed by atoms with Crippen molar-refractivity contribution < 1.29 is 19.1 Å². The van der Waals surface area contributed by atoms with Crippen LogP contribution in [-0.4, -0.2) is 48.4 Å². The zero-order valence-electron chi connectivity index (χ0n) is 15.8. The second kappa shape index (κ2) is 9.36. The van der Waals surface area contributed by atoms with Gasteiger partial charge in [-0.25, -0.2) is 0 Å². The van der Waals surface area contributed by atoms with E-state index in [2.05, 4.69) is 5.32 Å². The lowest BCUT2D eigenvalue weighted by molar-refractivity contribution is -0.158. The quantitative estimate of drug-likeness (QED) is 0.818. The standard InChI is InChI=1S/C20H28N2O4/c1-14-8-9-17(12-15(14)2)19(24)21-13-18(23)26-16(3)20(25)22-10-6-4-5-7-11-22/h8-9,12,16H,4-7,10-11,13H2,1-3H3,(H,21,24)/t16-/m1/s1. The van der Waals surface area contributed by atoms with E-state index in [4.69, 9.17) is 4.74 Å². The Morgan fingerprint density at radius 1 is 1.08 bits per heavy atom. The molecule has 6 nitrogen and oxygen atoms in total. The number of aryl methyl sites for hydroxylation is 2. The molecule has 1 aromatic rings. The molecule has 0 saturated carbocycles. The molecule has 0 spiro atoms. The van der Waals surface area contributed by atoms with Crippen molar-refractivity contribution in [1.29, 1.82) is 0 Å². The van der Waals surface area contributed by atoms with Crippen molar-refractivity contribution in [2.45, 2.75) is 52.6 Å². The summed E-state index contributed by atoms with van der Waals surface area (Å²) < 4.78 is 5.19. The van der Waals surface area contributed by atoms with E-state index in [1.165, 1.54) is 0 Å². The van der Waals surface area contributed by atoms with Crippen LogP contribution in [0.15, 0.2) is 18.2 Å². The molecular weight excluding hydrogens is 332 g/mol. The maximum absolute atomic E-state index is 12.4. The first-order valence-electron chi connectivity index (χ1n) is 9.22. The van der Waals surface area contributed by atoms with Crippen LogP contribution >= 0.6 is 0 Å². The fraction of sp³-hybridized carbons (Fsp3) is 0.550. The fourth-order valence-corrected chi connectivity index (χ4v) is 2.97. The smallest absolute Gasteiger partial charge is 0.326 e. The summed E-state index contributed by atoms with van der Waals surface area (Å²) in [4.78, 5) is 38.2. The topological polar surface area (TPSA) is 75.7 Å². The van der Waals surface area contributed by atoms with E-state index in [0.717, 1.165) is 36.8 Å². The first kappa shape index (κ1) is 19.9. The number of benzene rings is 1. The van der Waals surface area contributed by atoms with Gasteiger partial charge in [0.1, 0.15) is 6.54 Å². The molecule has 6 heteroatoms. The second-order valence-corrected chi connectivity index (χ2v) is 6.85. The highest BCUT2D eigenvalue weighted by Gasteiger charge is 2.24. The van der Waals surface area contributed by atoms with Gasteiger partial charge in [-0.2, -0.15) is 0 Å². The summed E-state index contributed by atoms with van der Waals surface area (Å²) in [6.07, 6.45) is 3.39. The van der Waals surface area contributed by atoms with Crippen LogP contribution in [0.3, 0.4) is 0 Å². The molecule has 0 bridgehead atoms. The number of nitrogens with one attached hydrogen (secondary N) is 1. The monoisotopic (exact) mass is 360 g/mol. The average molecular weight is 360 g/mol. The van der Waals surface area contributed by atoms with Gasteiger partial charge >= 0.3 is 5.97 Å². The van der Waals surface area contributed by atoms with Gasteiger partial charge in [0.15, 0.2) is 6.10 Å². The average Bonchev–Trinajstić information content (AvgIpc) is 2.90. The number of carbonyl (C=O) groups excluding carboxylic acids is 3. The number of rotatable bonds is 5. The maximum Gasteiger partial charge on any atom is 0.326 e. The SMILES string of the molecule is Cc1ccc(C(=O)NCC(=O)O[C@H](C)C(=O)N2CCCCCC2)cc1C. The highest BCUT2D eigenvalue weighted by atomic mass is 16.5. The van der Waals surface area contributed by atoms with Gasteiger partial charge in [0, 0.05) is 18.7 Å². The van der Waals surface area contributed by atoms with Crippen LogP contribution in [0.1, 0.15) is 54.1 Å². The van der Waals surface area contributed by atoms with Crippen molar-refractivity contribution in [1.82, 2.24) is 10.2 Å². The molecule has 0 aromatic heterocycles. The predicted molar refractivity (Wildman–Crippen MR) is 98.9 cm³/mol. The number of esters is 1. The Hall–Kier alpha value is -2.37. The number of hydrogen-bond donors (Lipinski definition) is 1. The van der Waals surface area contributed by atoms with Crippen LogP contribution in [0.2, 0.25) is 0 Å². The molecule has 142 valence electrons. The Labute approximate surface area is 154 Å². The summed E-state index contributed by atoms with van der Waals surface area (Å²) in [7, 11) is 0. The molecule has 1 aliphatic heterocycles. The minimum atomic E-state index is -0.834. The number of nitrogens with zero attached hydrogens (tertiary/aromatic N) is 1. The first-order chi connectivity index (χ1) is 12.4. The van der Waals surface area contributed by atoms with Crippen LogP contribution in [0.25, 0.3) is 0 Å². The lowest BCUT2D eigenvalue weighted by atomic mass is 10.1. The summed E-state index contributed by atoms with van der Waals surface area (Å²) in [6.45, 7) is 6.64. The third-order valence-corrected chi connectivity index (χ3v) is 4.74. The molecule has 1 N–H and O–H groups in total. The Kier molecular flexibility index (Phi) is 7.18. The summed E-state index contributed by atoms with van der Waals surface area (Å²) in [6, 6.07) is 5.36. The number of likely N-dealkylation sites (tertiary alicyclic amines) is 1. The Balaban J connectivity index is 1.80. The predicted octanol–water partition coefficient (Wildman–Crippen LogP) is 2.37. The summed E-state index contributed by atoms with van der Waals surface area (Å²) in [5, 5.41) is 2.54. The maximum atomic E-state index is 12.4. The fourth-order valence-electron chi connectivity index (χ4n) is 2.97. The van der Waals surface area contributed by atoms with Crippen LogP contribution in [0, 0.1) is 13.8 Å². The van der Waals surface area contributed by atoms with Crippen molar-refractivity contribution >= 4 is 17.8 Å². The third kappa shape index (κ3) is 5.58. The third-order valence-electron chi connectivity index (χ3n) is 4.74. The molecular formula is C20H28N2O4. The molecule has 0 aliphatic carbocycles. The molecule has 1 aliphatic rings. The van der Waals surface area contributed by atoms with Crippen molar-refractivity contribution in [3.8, 4) is 0 Å². The van der Waals surface area contributed by atoms with Gasteiger partial charge < -0.3 is 15.0 Å². The Morgan fingerprint density at radius 2 is 1.73 bits per heavy atom. The summed E-state index contributed by atoms with van der Waals surface area (Å²) in [5.74, 6) is -1.12. The molecule has 1 aromatic carbocycles. The molecule has 2 rings (SSSR count). The molecule has 26 heavy (non-hydrogen) atoms. The van der Waals surface area contributed by atoms with E-state index >= 15 is 0 Å². The highest BCUT2D eigenvalue weighted by molar-refractivity contribution is 5.96. The number of amides is 2. The van der Waals surface area contributed by atoms with E-state index in [9.17, 15) is 14.4 Å². The van der Waals surface area contributed by atoms with Gasteiger partial charge in [0.2, 0.25) is 0 Å². The molecule has 2 amide bonds. The molecule has 1 heterocycles. The minimum Gasteiger partial charge on any atom is -0.451 e. The van der Waals surface area contributed by atoms with Crippen molar-refractivity contribution in [2.75, 3.05) is 19.6 Å². The molecule has 0 unspecified atom stereocenters. The zero-order valence-corrected chi connectivity index (χ0v) is 15.8. The van der Waals surface area contributed by atoms with Crippen LogP contribution in [-0.2, 0) is 14.3 Å². The number of carbonyl (C=O) groups is 3. The van der Waals surface area contributed by atoms with E-state index in [1.807, 2.05) is 19.9 Å². The van der Waals surface area contributed by atoms with Gasteiger partial charge in [-0.05, 0) is 56.9 Å². The van der Waals surface area contributed by atoms with Crippen molar-refractivity contribution in [3.05, 3.63) is 34.9 Å². The largest absolute Gasteiger partial charge is 0.451 e. The van der Waals surface area contributed by atoms with Crippen molar-refractivity contribution in [2.24, 2.45) is 0 Å². The summed E-state index contributed by atoms with van der Waals surface area (Å²) in [5.41, 5.74) is 2.60. The van der Waals surface area contributed by atoms with Crippen molar-refractivity contribution in [3.63, 3.8) is 0 Å². The van der Waals surface area contributed by atoms with Gasteiger partial charge in [-0.3, -0.25) is 14.4 Å². The van der Waals surface area contributed by atoms with E-state index in [0.29, 0.717) is 18.7 Å².